The van der Waals surface area contributed by atoms with Crippen LogP contribution in [0.2, 0.25) is 0 Å². The van der Waals surface area contributed by atoms with Crippen molar-refractivity contribution in [3.05, 3.63) is 24.3 Å². The van der Waals surface area contributed by atoms with Crippen LogP contribution in [0.25, 0.3) is 0 Å². The molecule has 0 aromatic carbocycles. The van der Waals surface area contributed by atoms with Gasteiger partial charge < -0.3 is 9.84 Å². The maximum atomic E-state index is 12.1. The third kappa shape index (κ3) is 9.98. The summed E-state index contributed by atoms with van der Waals surface area (Å²) in [5.41, 5.74) is 0. The summed E-state index contributed by atoms with van der Waals surface area (Å²) in [5.74, 6) is -0.380. The van der Waals surface area contributed by atoms with Crippen molar-refractivity contribution in [3.63, 3.8) is 0 Å². The van der Waals surface area contributed by atoms with E-state index >= 15 is 0 Å². The Morgan fingerprint density at radius 2 is 1.89 bits per heavy atom. The number of aliphatic hydroxyl groups is 1. The van der Waals surface area contributed by atoms with E-state index in [1.54, 1.807) is 0 Å². The molecule has 1 N–H and O–H groups in total. The van der Waals surface area contributed by atoms with E-state index in [9.17, 15) is 19.5 Å². The Balaban J connectivity index is 2.27. The molecule has 1 aliphatic carbocycles. The molecule has 28 heavy (non-hydrogen) atoms. The van der Waals surface area contributed by atoms with Crippen LogP contribution in [0.3, 0.4) is 0 Å². The number of hydrogen-bond donors (Lipinski definition) is 1. The third-order valence-corrected chi connectivity index (χ3v) is 5.17. The van der Waals surface area contributed by atoms with Gasteiger partial charge in [0.2, 0.25) is 5.78 Å². The van der Waals surface area contributed by atoms with Gasteiger partial charge in [0.25, 0.3) is 6.29 Å². The van der Waals surface area contributed by atoms with Crippen LogP contribution in [0.1, 0.15) is 84.5 Å². The number of rotatable bonds is 14. The molecule has 1 aliphatic rings. The minimum absolute atomic E-state index is 0.0792. The average Bonchev–Trinajstić information content (AvgIpc) is 3.00. The zero-order chi connectivity index (χ0) is 20.8. The molecule has 158 valence electrons. The Hall–Kier alpha value is -1.75. The van der Waals surface area contributed by atoms with Crippen LogP contribution < -0.4 is 0 Å². The Labute approximate surface area is 169 Å². The summed E-state index contributed by atoms with van der Waals surface area (Å²) in [4.78, 5) is 34.4. The SMILES string of the molecule is CCCCCCC=C[C@H]1CCC(=O)[C@@H]1CC=CCCCC(=O)C(O)OC(C)=O. The largest absolute Gasteiger partial charge is 0.428 e. The van der Waals surface area contributed by atoms with Crippen LogP contribution in [-0.4, -0.2) is 28.9 Å². The van der Waals surface area contributed by atoms with Crippen molar-refractivity contribution >= 4 is 17.5 Å². The van der Waals surface area contributed by atoms with Crippen molar-refractivity contribution in [2.75, 3.05) is 0 Å². The molecule has 0 aromatic rings. The molecule has 0 spiro atoms. The highest BCUT2D eigenvalue weighted by Gasteiger charge is 2.31. The van der Waals surface area contributed by atoms with Gasteiger partial charge in [-0.05, 0) is 44.4 Å². The average molecular weight is 393 g/mol. The third-order valence-electron chi connectivity index (χ3n) is 5.17. The summed E-state index contributed by atoms with van der Waals surface area (Å²) >= 11 is 0. The van der Waals surface area contributed by atoms with E-state index in [4.69, 9.17) is 0 Å². The molecule has 1 fully saturated rings. The molecule has 0 aliphatic heterocycles. The highest BCUT2D eigenvalue weighted by Crippen LogP contribution is 2.33. The molecule has 1 rings (SSSR count). The lowest BCUT2D eigenvalue weighted by Gasteiger charge is -2.12. The number of ether oxygens (including phenoxy) is 1. The van der Waals surface area contributed by atoms with Gasteiger partial charge in [0, 0.05) is 25.7 Å². The zero-order valence-corrected chi connectivity index (χ0v) is 17.4. The Bertz CT molecular complexity index is 549. The molecule has 0 aromatic heterocycles. The zero-order valence-electron chi connectivity index (χ0n) is 17.4. The predicted octanol–water partition coefficient (Wildman–Crippen LogP) is 4.68. The summed E-state index contributed by atoms with van der Waals surface area (Å²) in [6.07, 6.45) is 16.8. The Kier molecular flexibility index (Phi) is 12.4. The smallest absolute Gasteiger partial charge is 0.305 e. The van der Waals surface area contributed by atoms with Gasteiger partial charge in [-0.3, -0.25) is 14.4 Å². The minimum atomic E-state index is -1.66. The fourth-order valence-corrected chi connectivity index (χ4v) is 3.53. The number of unbranched alkanes of at least 4 members (excludes halogenated alkanes) is 5. The van der Waals surface area contributed by atoms with Crippen LogP contribution in [0.4, 0.5) is 0 Å². The van der Waals surface area contributed by atoms with Crippen molar-refractivity contribution < 1.29 is 24.2 Å². The van der Waals surface area contributed by atoms with E-state index in [0.717, 1.165) is 26.2 Å². The Morgan fingerprint density at radius 3 is 2.61 bits per heavy atom. The molecule has 0 radical (unpaired) electrons. The number of aliphatic hydroxyl groups excluding tert-OH is 1. The molecule has 0 amide bonds. The Morgan fingerprint density at radius 1 is 1.14 bits per heavy atom. The maximum Gasteiger partial charge on any atom is 0.305 e. The summed E-state index contributed by atoms with van der Waals surface area (Å²) < 4.78 is 4.45. The minimum Gasteiger partial charge on any atom is -0.428 e. The lowest BCUT2D eigenvalue weighted by atomic mass is 9.91. The van der Waals surface area contributed by atoms with Gasteiger partial charge in [0.15, 0.2) is 0 Å². The van der Waals surface area contributed by atoms with E-state index in [-0.39, 0.29) is 12.3 Å². The topological polar surface area (TPSA) is 80.7 Å². The van der Waals surface area contributed by atoms with Gasteiger partial charge in [-0.2, -0.15) is 0 Å². The molecule has 0 heterocycles. The highest BCUT2D eigenvalue weighted by atomic mass is 16.6. The summed E-state index contributed by atoms with van der Waals surface area (Å²) in [6, 6.07) is 0. The van der Waals surface area contributed by atoms with Crippen LogP contribution in [0.5, 0.6) is 0 Å². The quantitative estimate of drug-likeness (QED) is 0.201. The molecule has 0 bridgehead atoms. The van der Waals surface area contributed by atoms with E-state index in [1.165, 1.54) is 25.7 Å². The standard InChI is InChI=1S/C23H36O5/c1-3-4-5-6-7-10-13-19-16-17-21(25)20(19)14-11-8-9-12-15-22(26)23(27)28-18(2)24/h8,10-11,13,19-20,23,27H,3-7,9,12,14-17H2,1-2H3/t19-,20+,23?/m0/s1. The van der Waals surface area contributed by atoms with Gasteiger partial charge in [-0.25, -0.2) is 0 Å². The molecule has 1 saturated carbocycles. The number of hydrogen-bond acceptors (Lipinski definition) is 5. The first-order valence-electron chi connectivity index (χ1n) is 10.7. The number of Topliss-reactive ketones (excluding diaryl/α,β-unsaturated/α-hetero) is 2. The second kappa shape index (κ2) is 14.3. The van der Waals surface area contributed by atoms with Gasteiger partial charge in [0.05, 0.1) is 0 Å². The monoisotopic (exact) mass is 392 g/mol. The molecular weight excluding hydrogens is 356 g/mol. The number of esters is 1. The second-order valence-electron chi connectivity index (χ2n) is 7.58. The van der Waals surface area contributed by atoms with Crippen molar-refractivity contribution in [3.8, 4) is 0 Å². The van der Waals surface area contributed by atoms with Crippen LogP contribution >= 0.6 is 0 Å². The van der Waals surface area contributed by atoms with Gasteiger partial charge >= 0.3 is 5.97 Å². The maximum absolute atomic E-state index is 12.1. The van der Waals surface area contributed by atoms with Gasteiger partial charge in [-0.1, -0.05) is 50.5 Å². The first kappa shape index (κ1) is 24.3. The summed E-state index contributed by atoms with van der Waals surface area (Å²) in [5, 5.41) is 9.37. The van der Waals surface area contributed by atoms with Crippen molar-refractivity contribution in [1.29, 1.82) is 0 Å². The van der Waals surface area contributed by atoms with Crippen molar-refractivity contribution in [2.45, 2.75) is 90.8 Å². The predicted molar refractivity (Wildman–Crippen MR) is 110 cm³/mol. The van der Waals surface area contributed by atoms with Gasteiger partial charge in [-0.15, -0.1) is 0 Å². The second-order valence-corrected chi connectivity index (χ2v) is 7.58. The highest BCUT2D eigenvalue weighted by molar-refractivity contribution is 5.84. The molecular formula is C23H36O5. The van der Waals surface area contributed by atoms with E-state index in [2.05, 4.69) is 23.8 Å². The van der Waals surface area contributed by atoms with Gasteiger partial charge in [0.1, 0.15) is 5.78 Å². The molecule has 3 atom stereocenters. The van der Waals surface area contributed by atoms with E-state index < -0.39 is 18.0 Å². The van der Waals surface area contributed by atoms with Crippen molar-refractivity contribution in [1.82, 2.24) is 0 Å². The van der Waals surface area contributed by atoms with Crippen LogP contribution in [0, 0.1) is 11.8 Å². The molecule has 1 unspecified atom stereocenters. The lowest BCUT2D eigenvalue weighted by molar-refractivity contribution is -0.173. The number of allylic oxidation sites excluding steroid dienone is 4. The summed E-state index contributed by atoms with van der Waals surface area (Å²) in [7, 11) is 0. The lowest BCUT2D eigenvalue weighted by Crippen LogP contribution is -2.25. The normalized spacial score (nSPS) is 20.9. The number of carbonyl (C=O) groups is 3. The molecule has 5 heteroatoms. The number of ketones is 2. The molecule has 5 nitrogen and oxygen atoms in total. The number of carbonyl (C=O) groups excluding carboxylic acids is 3. The van der Waals surface area contributed by atoms with E-state index in [0.29, 0.717) is 31.0 Å². The van der Waals surface area contributed by atoms with Crippen LogP contribution in [-0.2, 0) is 19.1 Å². The first-order chi connectivity index (χ1) is 13.5. The fourth-order valence-electron chi connectivity index (χ4n) is 3.53. The first-order valence-corrected chi connectivity index (χ1v) is 10.7. The summed E-state index contributed by atoms with van der Waals surface area (Å²) in [6.45, 7) is 3.36. The van der Waals surface area contributed by atoms with E-state index in [1.807, 2.05) is 12.2 Å². The van der Waals surface area contributed by atoms with Crippen molar-refractivity contribution in [2.24, 2.45) is 11.8 Å². The van der Waals surface area contributed by atoms with Crippen LogP contribution in [0.15, 0.2) is 24.3 Å². The fraction of sp³-hybridized carbons (Fsp3) is 0.696. The molecule has 0 saturated heterocycles.